The number of ether oxygens (including phenoxy) is 1. The monoisotopic (exact) mass is 368 g/mol. The van der Waals surface area contributed by atoms with Gasteiger partial charge < -0.3 is 4.74 Å². The molecule has 0 bridgehead atoms. The minimum absolute atomic E-state index is 0.250. The van der Waals surface area contributed by atoms with Gasteiger partial charge in [-0.25, -0.2) is 4.79 Å². The van der Waals surface area contributed by atoms with Gasteiger partial charge in [0.05, 0.1) is 12.2 Å². The highest BCUT2D eigenvalue weighted by Gasteiger charge is 2.10. The highest BCUT2D eigenvalue weighted by atomic mass is 127. The number of alkyl halides is 1. The highest BCUT2D eigenvalue weighted by Crippen LogP contribution is 2.17. The SMILES string of the molecule is CCOC(=O)c1cc(CBr)ccc1I. The van der Waals surface area contributed by atoms with E-state index in [1.807, 2.05) is 18.2 Å². The molecule has 1 aromatic rings. The maximum atomic E-state index is 11.5. The zero-order chi connectivity index (χ0) is 10.6. The van der Waals surface area contributed by atoms with Crippen LogP contribution in [-0.2, 0) is 10.1 Å². The molecule has 2 nitrogen and oxygen atoms in total. The largest absolute Gasteiger partial charge is 0.462 e. The van der Waals surface area contributed by atoms with Gasteiger partial charge in [-0.05, 0) is 47.2 Å². The smallest absolute Gasteiger partial charge is 0.339 e. The van der Waals surface area contributed by atoms with Crippen LogP contribution < -0.4 is 0 Å². The van der Waals surface area contributed by atoms with Crippen molar-refractivity contribution in [2.75, 3.05) is 6.61 Å². The zero-order valence-corrected chi connectivity index (χ0v) is 11.5. The summed E-state index contributed by atoms with van der Waals surface area (Å²) in [5, 5.41) is 0.746. The van der Waals surface area contributed by atoms with E-state index in [1.54, 1.807) is 6.92 Å². The van der Waals surface area contributed by atoms with Gasteiger partial charge in [-0.3, -0.25) is 0 Å². The van der Waals surface area contributed by atoms with Gasteiger partial charge in [-0.1, -0.05) is 22.0 Å². The average molecular weight is 369 g/mol. The normalized spacial score (nSPS) is 9.93. The highest BCUT2D eigenvalue weighted by molar-refractivity contribution is 14.1. The van der Waals surface area contributed by atoms with Crippen molar-refractivity contribution < 1.29 is 9.53 Å². The van der Waals surface area contributed by atoms with E-state index < -0.39 is 0 Å². The Balaban J connectivity index is 2.99. The first-order valence-corrected chi connectivity index (χ1v) is 6.40. The van der Waals surface area contributed by atoms with E-state index in [0.29, 0.717) is 12.2 Å². The number of halogens is 2. The quantitative estimate of drug-likeness (QED) is 0.464. The summed E-state index contributed by atoms with van der Waals surface area (Å²) in [4.78, 5) is 11.5. The van der Waals surface area contributed by atoms with Gasteiger partial charge in [0.15, 0.2) is 0 Å². The number of carbonyl (C=O) groups excluding carboxylic acids is 1. The topological polar surface area (TPSA) is 26.3 Å². The number of esters is 1. The summed E-state index contributed by atoms with van der Waals surface area (Å²) in [6.45, 7) is 2.21. The Morgan fingerprint density at radius 2 is 2.29 bits per heavy atom. The van der Waals surface area contributed by atoms with Crippen LogP contribution in [0.15, 0.2) is 18.2 Å². The molecule has 0 aliphatic heterocycles. The number of carbonyl (C=O) groups is 1. The van der Waals surface area contributed by atoms with Crippen molar-refractivity contribution in [1.82, 2.24) is 0 Å². The number of rotatable bonds is 3. The third-order valence-electron chi connectivity index (χ3n) is 1.68. The summed E-state index contributed by atoms with van der Waals surface area (Å²) >= 11 is 5.48. The molecule has 0 saturated carbocycles. The van der Waals surface area contributed by atoms with E-state index in [9.17, 15) is 4.79 Å². The minimum Gasteiger partial charge on any atom is -0.462 e. The molecule has 0 fully saturated rings. The van der Waals surface area contributed by atoms with Crippen LogP contribution >= 0.6 is 38.5 Å². The Morgan fingerprint density at radius 1 is 1.57 bits per heavy atom. The maximum Gasteiger partial charge on any atom is 0.339 e. The van der Waals surface area contributed by atoms with Crippen molar-refractivity contribution in [1.29, 1.82) is 0 Å². The van der Waals surface area contributed by atoms with Gasteiger partial charge in [-0.15, -0.1) is 0 Å². The van der Waals surface area contributed by atoms with Crippen LogP contribution in [0.2, 0.25) is 0 Å². The van der Waals surface area contributed by atoms with Crippen LogP contribution in [0.4, 0.5) is 0 Å². The third-order valence-corrected chi connectivity index (χ3v) is 3.27. The molecule has 0 atom stereocenters. The molecule has 0 saturated heterocycles. The minimum atomic E-state index is -0.250. The molecule has 0 radical (unpaired) electrons. The fourth-order valence-electron chi connectivity index (χ4n) is 1.02. The van der Waals surface area contributed by atoms with Crippen LogP contribution in [0.1, 0.15) is 22.8 Å². The molecule has 0 unspecified atom stereocenters. The predicted octanol–water partition coefficient (Wildman–Crippen LogP) is 3.36. The summed E-state index contributed by atoms with van der Waals surface area (Å²) in [6, 6.07) is 5.76. The van der Waals surface area contributed by atoms with E-state index in [-0.39, 0.29) is 5.97 Å². The molecule has 76 valence electrons. The lowest BCUT2D eigenvalue weighted by atomic mass is 10.1. The zero-order valence-electron chi connectivity index (χ0n) is 7.72. The Morgan fingerprint density at radius 3 is 2.86 bits per heavy atom. The molecule has 1 aromatic carbocycles. The second-order valence-electron chi connectivity index (χ2n) is 2.67. The Labute approximate surface area is 105 Å². The van der Waals surface area contributed by atoms with Gasteiger partial charge in [0.25, 0.3) is 0 Å². The molecule has 0 heterocycles. The van der Waals surface area contributed by atoms with Crippen molar-refractivity contribution in [3.05, 3.63) is 32.9 Å². The predicted molar refractivity (Wildman–Crippen MR) is 67.7 cm³/mol. The van der Waals surface area contributed by atoms with Crippen molar-refractivity contribution in [3.8, 4) is 0 Å². The van der Waals surface area contributed by atoms with Crippen LogP contribution in [0.5, 0.6) is 0 Å². The van der Waals surface area contributed by atoms with E-state index in [1.165, 1.54) is 0 Å². The molecule has 1 rings (SSSR count). The van der Waals surface area contributed by atoms with Crippen molar-refractivity contribution in [3.63, 3.8) is 0 Å². The second kappa shape index (κ2) is 5.70. The molecule has 0 aliphatic rings. The molecule has 0 spiro atoms. The number of hydrogen-bond donors (Lipinski definition) is 0. The second-order valence-corrected chi connectivity index (χ2v) is 4.39. The molecule has 0 N–H and O–H groups in total. The Kier molecular flexibility index (Phi) is 4.88. The molecule has 4 heteroatoms. The van der Waals surface area contributed by atoms with Gasteiger partial charge in [0, 0.05) is 8.90 Å². The summed E-state index contributed by atoms with van der Waals surface area (Å²) in [5.41, 5.74) is 1.72. The third kappa shape index (κ3) is 2.95. The van der Waals surface area contributed by atoms with E-state index in [0.717, 1.165) is 14.5 Å². The maximum absolute atomic E-state index is 11.5. The van der Waals surface area contributed by atoms with Crippen molar-refractivity contribution in [2.24, 2.45) is 0 Å². The van der Waals surface area contributed by atoms with Crippen LogP contribution in [-0.4, -0.2) is 12.6 Å². The molecule has 14 heavy (non-hydrogen) atoms. The lowest BCUT2D eigenvalue weighted by molar-refractivity contribution is 0.0525. The molecule has 0 amide bonds. The first-order chi connectivity index (χ1) is 6.69. The Bertz CT molecular complexity index is 339. The molecule has 0 aliphatic carbocycles. The average Bonchev–Trinajstić information content (AvgIpc) is 2.19. The van der Waals surface area contributed by atoms with Gasteiger partial charge in [0.2, 0.25) is 0 Å². The van der Waals surface area contributed by atoms with Crippen LogP contribution in [0, 0.1) is 3.57 Å². The Hall–Kier alpha value is -0.100. The van der Waals surface area contributed by atoms with Crippen molar-refractivity contribution in [2.45, 2.75) is 12.3 Å². The van der Waals surface area contributed by atoms with E-state index >= 15 is 0 Å². The lowest BCUT2D eigenvalue weighted by Gasteiger charge is -2.05. The van der Waals surface area contributed by atoms with Gasteiger partial charge in [0.1, 0.15) is 0 Å². The van der Waals surface area contributed by atoms with Crippen LogP contribution in [0.25, 0.3) is 0 Å². The summed E-state index contributed by atoms with van der Waals surface area (Å²) < 4.78 is 5.87. The van der Waals surface area contributed by atoms with Crippen molar-refractivity contribution >= 4 is 44.5 Å². The van der Waals surface area contributed by atoms with Gasteiger partial charge >= 0.3 is 5.97 Å². The first kappa shape index (κ1) is 12.0. The van der Waals surface area contributed by atoms with E-state index in [2.05, 4.69) is 38.5 Å². The standard InChI is InChI=1S/C10H10BrIO2/c1-2-14-10(13)8-5-7(6-11)3-4-9(8)12/h3-5H,2,6H2,1H3. The molecule has 0 aromatic heterocycles. The van der Waals surface area contributed by atoms with Gasteiger partial charge in [-0.2, -0.15) is 0 Å². The fraction of sp³-hybridized carbons (Fsp3) is 0.300. The summed E-state index contributed by atoms with van der Waals surface area (Å²) in [5.74, 6) is -0.250. The van der Waals surface area contributed by atoms with Crippen LogP contribution in [0.3, 0.4) is 0 Å². The molecular formula is C10H10BrIO2. The summed E-state index contributed by atoms with van der Waals surface area (Å²) in [7, 11) is 0. The molecular weight excluding hydrogens is 359 g/mol. The lowest BCUT2D eigenvalue weighted by Crippen LogP contribution is -2.07. The van der Waals surface area contributed by atoms with E-state index in [4.69, 9.17) is 4.74 Å². The summed E-state index contributed by atoms with van der Waals surface area (Å²) in [6.07, 6.45) is 0. The first-order valence-electron chi connectivity index (χ1n) is 4.20. The fourth-order valence-corrected chi connectivity index (χ4v) is 1.93. The number of hydrogen-bond acceptors (Lipinski definition) is 2. The number of benzene rings is 1.